The summed E-state index contributed by atoms with van der Waals surface area (Å²) < 4.78 is 6.46. The van der Waals surface area contributed by atoms with Crippen molar-refractivity contribution in [3.8, 4) is 33.4 Å². The van der Waals surface area contributed by atoms with Crippen molar-refractivity contribution < 1.29 is 4.42 Å². The zero-order valence-corrected chi connectivity index (χ0v) is 30.5. The predicted molar refractivity (Wildman–Crippen MR) is 230 cm³/mol. The summed E-state index contributed by atoms with van der Waals surface area (Å²) in [6.07, 6.45) is 6.64. The van der Waals surface area contributed by atoms with E-state index in [2.05, 4.69) is 187 Å². The maximum atomic E-state index is 6.46. The molecule has 0 spiro atoms. The Bertz CT molecular complexity index is 2940. The Hall–Kier alpha value is -6.77. The molecule has 2 heterocycles. The Morgan fingerprint density at radius 1 is 0.436 bits per heavy atom. The Morgan fingerprint density at radius 3 is 2.02 bits per heavy atom. The van der Waals surface area contributed by atoms with Crippen LogP contribution in [0.25, 0.3) is 76.9 Å². The summed E-state index contributed by atoms with van der Waals surface area (Å²) in [6, 6.07) is 66.5. The Kier molecular flexibility index (Phi) is 8.50. The van der Waals surface area contributed by atoms with Crippen molar-refractivity contribution in [3.05, 3.63) is 211 Å². The lowest BCUT2D eigenvalue weighted by Crippen LogP contribution is -2.06. The second kappa shape index (κ2) is 14.2. The third-order valence-electron chi connectivity index (χ3n) is 11.3. The third kappa shape index (κ3) is 6.47. The van der Waals surface area contributed by atoms with E-state index in [1.165, 1.54) is 66.2 Å². The number of hydrogen-bond acceptors (Lipinski definition) is 2. The highest BCUT2D eigenvalue weighted by Crippen LogP contribution is 2.40. The van der Waals surface area contributed by atoms with Gasteiger partial charge in [0.05, 0.1) is 0 Å². The highest BCUT2D eigenvalue weighted by molar-refractivity contribution is 6.10. The fraction of sp³-hybridized carbons (Fsp3) is 0.0755. The van der Waals surface area contributed by atoms with Crippen molar-refractivity contribution >= 4 is 43.5 Å². The lowest BCUT2D eigenvalue weighted by atomic mass is 9.83. The van der Waals surface area contributed by atoms with Crippen LogP contribution in [0.1, 0.15) is 29.0 Å². The number of fused-ring (bicyclic) bond motifs is 5. The molecule has 0 saturated heterocycles. The van der Waals surface area contributed by atoms with E-state index in [0.29, 0.717) is 5.92 Å². The summed E-state index contributed by atoms with van der Waals surface area (Å²) >= 11 is 0. The Balaban J connectivity index is 1.04. The first-order chi connectivity index (χ1) is 27.2. The highest BCUT2D eigenvalue weighted by Gasteiger charge is 2.19. The van der Waals surface area contributed by atoms with E-state index in [9.17, 15) is 0 Å². The third-order valence-corrected chi connectivity index (χ3v) is 11.3. The van der Waals surface area contributed by atoms with E-state index in [4.69, 9.17) is 4.42 Å². The number of aryl methyl sites for hydroxylation is 1. The number of aromatic nitrogens is 1. The molecule has 0 aliphatic rings. The van der Waals surface area contributed by atoms with Crippen LogP contribution >= 0.6 is 0 Å². The molecule has 2 heteroatoms. The molecule has 55 heavy (non-hydrogen) atoms. The van der Waals surface area contributed by atoms with Gasteiger partial charge in [0.25, 0.3) is 0 Å². The minimum atomic E-state index is 0.297. The first-order valence-corrected chi connectivity index (χ1v) is 19.2. The fourth-order valence-corrected chi connectivity index (χ4v) is 8.40. The molecule has 10 rings (SSSR count). The van der Waals surface area contributed by atoms with Crippen LogP contribution in [0.4, 0.5) is 0 Å². The van der Waals surface area contributed by atoms with Crippen molar-refractivity contribution in [3.63, 3.8) is 0 Å². The SMILES string of the molecule is c1ccc(-c2ccc(CC(CCc3ccc4c(c3)oc3cc5cnccc5cc34)c3ccc(-c4ccccc4)c(-c4cccc5ccccc45)c3)cc2)cc1. The summed E-state index contributed by atoms with van der Waals surface area (Å²) in [5, 5.41) is 7.10. The minimum Gasteiger partial charge on any atom is -0.456 e. The standard InChI is InChI=1S/C53H39NO/c1-3-10-38(11-4-1)39-22-18-36(19-23-39)30-42(24-20-37-21-26-49-51-33-44-28-29-54-35-45(44)34-53(51)55-52(49)31-37)43-25-27-47(40-12-5-2-6-13-40)50(32-43)48-17-9-15-41-14-7-8-16-46(41)48/h1-19,21-23,25-29,31-35,42H,20,24,30H2. The molecule has 10 aromatic rings. The van der Waals surface area contributed by atoms with E-state index >= 15 is 0 Å². The van der Waals surface area contributed by atoms with Crippen molar-refractivity contribution in [2.24, 2.45) is 0 Å². The smallest absolute Gasteiger partial charge is 0.136 e. The molecular formula is C53H39NO. The maximum Gasteiger partial charge on any atom is 0.136 e. The van der Waals surface area contributed by atoms with Crippen LogP contribution in [0, 0.1) is 0 Å². The molecule has 1 unspecified atom stereocenters. The average molecular weight is 706 g/mol. The van der Waals surface area contributed by atoms with Crippen LogP contribution in [0.2, 0.25) is 0 Å². The zero-order chi connectivity index (χ0) is 36.6. The van der Waals surface area contributed by atoms with E-state index in [1.807, 2.05) is 12.4 Å². The average Bonchev–Trinajstić information content (AvgIpc) is 3.61. The van der Waals surface area contributed by atoms with Crippen LogP contribution in [0.3, 0.4) is 0 Å². The van der Waals surface area contributed by atoms with Gasteiger partial charge in [0.1, 0.15) is 11.2 Å². The van der Waals surface area contributed by atoms with Crippen LogP contribution < -0.4 is 0 Å². The van der Waals surface area contributed by atoms with Crippen LogP contribution in [-0.4, -0.2) is 4.98 Å². The number of benzene rings is 8. The summed E-state index contributed by atoms with van der Waals surface area (Å²) in [5.41, 5.74) is 13.4. The van der Waals surface area contributed by atoms with Gasteiger partial charge in [0, 0.05) is 28.6 Å². The lowest BCUT2D eigenvalue weighted by molar-refractivity contribution is 0.620. The van der Waals surface area contributed by atoms with Gasteiger partial charge in [0.15, 0.2) is 0 Å². The summed E-state index contributed by atoms with van der Waals surface area (Å²) in [4.78, 5) is 4.32. The Labute approximate surface area is 321 Å². The number of furan rings is 1. The van der Waals surface area contributed by atoms with E-state index in [1.54, 1.807) is 0 Å². The van der Waals surface area contributed by atoms with Crippen molar-refractivity contribution in [1.29, 1.82) is 0 Å². The van der Waals surface area contributed by atoms with E-state index < -0.39 is 0 Å². The lowest BCUT2D eigenvalue weighted by Gasteiger charge is -2.21. The maximum absolute atomic E-state index is 6.46. The monoisotopic (exact) mass is 705 g/mol. The van der Waals surface area contributed by atoms with Crippen LogP contribution in [0.15, 0.2) is 199 Å². The molecule has 0 N–H and O–H groups in total. The van der Waals surface area contributed by atoms with Gasteiger partial charge in [-0.2, -0.15) is 0 Å². The topological polar surface area (TPSA) is 26.0 Å². The largest absolute Gasteiger partial charge is 0.456 e. The summed E-state index contributed by atoms with van der Waals surface area (Å²) in [7, 11) is 0. The van der Waals surface area contributed by atoms with Crippen molar-refractivity contribution in [2.45, 2.75) is 25.2 Å². The van der Waals surface area contributed by atoms with Crippen molar-refractivity contribution in [1.82, 2.24) is 4.98 Å². The highest BCUT2D eigenvalue weighted by atomic mass is 16.3. The molecule has 8 aromatic carbocycles. The molecule has 0 aliphatic heterocycles. The van der Waals surface area contributed by atoms with Gasteiger partial charge >= 0.3 is 0 Å². The second-order valence-electron chi connectivity index (χ2n) is 14.7. The first-order valence-electron chi connectivity index (χ1n) is 19.2. The zero-order valence-electron chi connectivity index (χ0n) is 30.5. The predicted octanol–water partition coefficient (Wildman–Crippen LogP) is 14.2. The number of rotatable bonds is 9. The molecule has 0 saturated carbocycles. The van der Waals surface area contributed by atoms with Gasteiger partial charge in [-0.15, -0.1) is 0 Å². The Morgan fingerprint density at radius 2 is 1.16 bits per heavy atom. The van der Waals surface area contributed by atoms with Crippen LogP contribution in [0.5, 0.6) is 0 Å². The van der Waals surface area contributed by atoms with Gasteiger partial charge in [-0.1, -0.05) is 158 Å². The van der Waals surface area contributed by atoms with Crippen LogP contribution in [-0.2, 0) is 12.8 Å². The van der Waals surface area contributed by atoms with Gasteiger partial charge < -0.3 is 4.42 Å². The van der Waals surface area contributed by atoms with E-state index in [0.717, 1.165) is 46.6 Å². The number of hydrogen-bond donors (Lipinski definition) is 0. The number of nitrogens with zero attached hydrogens (tertiary/aromatic N) is 1. The molecule has 0 fully saturated rings. The molecule has 0 bridgehead atoms. The van der Waals surface area contributed by atoms with Gasteiger partial charge in [-0.3, -0.25) is 4.98 Å². The molecular weight excluding hydrogens is 667 g/mol. The first kappa shape index (κ1) is 32.8. The van der Waals surface area contributed by atoms with Gasteiger partial charge in [-0.05, 0) is 116 Å². The second-order valence-corrected chi connectivity index (χ2v) is 14.7. The summed E-state index contributed by atoms with van der Waals surface area (Å²) in [6.45, 7) is 0. The molecule has 0 amide bonds. The summed E-state index contributed by atoms with van der Waals surface area (Å²) in [5.74, 6) is 0.297. The van der Waals surface area contributed by atoms with E-state index in [-0.39, 0.29) is 0 Å². The molecule has 1 atom stereocenters. The van der Waals surface area contributed by atoms with Gasteiger partial charge in [0.2, 0.25) is 0 Å². The molecule has 0 aliphatic carbocycles. The quantitative estimate of drug-likeness (QED) is 0.149. The fourth-order valence-electron chi connectivity index (χ4n) is 8.40. The molecule has 262 valence electrons. The molecule has 2 aromatic heterocycles. The molecule has 2 nitrogen and oxygen atoms in total. The van der Waals surface area contributed by atoms with Crippen molar-refractivity contribution in [2.75, 3.05) is 0 Å². The molecule has 0 radical (unpaired) electrons. The van der Waals surface area contributed by atoms with Gasteiger partial charge in [-0.25, -0.2) is 0 Å². The number of pyridine rings is 1. The minimum absolute atomic E-state index is 0.297. The normalized spacial score (nSPS) is 12.1.